The molecule has 0 bridgehead atoms. The fraction of sp³-hybridized carbons (Fsp3) is 0.500. The molecule has 2 N–H and O–H groups in total. The molecule has 21 heavy (non-hydrogen) atoms. The summed E-state index contributed by atoms with van der Waals surface area (Å²) in [6.07, 6.45) is 8.71. The SMILES string of the molecule is Nc1cccc(Cl)c1-c1nc(C2CCCCCCC2)no1. The molecule has 2 aromatic rings. The highest BCUT2D eigenvalue weighted by atomic mass is 35.5. The number of aromatic nitrogens is 2. The monoisotopic (exact) mass is 305 g/mol. The van der Waals surface area contributed by atoms with Crippen LogP contribution in [0.4, 0.5) is 5.69 Å². The van der Waals surface area contributed by atoms with Crippen LogP contribution in [0.3, 0.4) is 0 Å². The number of benzene rings is 1. The number of hydrogen-bond acceptors (Lipinski definition) is 4. The van der Waals surface area contributed by atoms with Crippen LogP contribution in [0.5, 0.6) is 0 Å². The lowest BCUT2D eigenvalue weighted by Crippen LogP contribution is -2.04. The van der Waals surface area contributed by atoms with Gasteiger partial charge in [-0.25, -0.2) is 0 Å². The average molecular weight is 306 g/mol. The first-order valence-electron chi connectivity index (χ1n) is 7.63. The molecule has 0 atom stereocenters. The third-order valence-electron chi connectivity index (χ3n) is 4.17. The molecular formula is C16H20ClN3O. The van der Waals surface area contributed by atoms with E-state index in [1.807, 2.05) is 6.07 Å². The molecule has 1 saturated carbocycles. The van der Waals surface area contributed by atoms with Crippen LogP contribution in [0.2, 0.25) is 5.02 Å². The first-order chi connectivity index (χ1) is 10.3. The zero-order valence-corrected chi connectivity index (χ0v) is 12.8. The van der Waals surface area contributed by atoms with Crippen LogP contribution >= 0.6 is 11.6 Å². The maximum absolute atomic E-state index is 6.20. The number of halogens is 1. The summed E-state index contributed by atoms with van der Waals surface area (Å²) in [5.41, 5.74) is 7.18. The van der Waals surface area contributed by atoms with Gasteiger partial charge in [-0.2, -0.15) is 4.98 Å². The van der Waals surface area contributed by atoms with Gasteiger partial charge in [-0.15, -0.1) is 0 Å². The molecule has 0 saturated heterocycles. The van der Waals surface area contributed by atoms with Gasteiger partial charge in [0.25, 0.3) is 5.89 Å². The normalized spacial score (nSPS) is 17.4. The van der Waals surface area contributed by atoms with E-state index in [0.29, 0.717) is 28.1 Å². The van der Waals surface area contributed by atoms with Crippen LogP contribution < -0.4 is 5.73 Å². The van der Waals surface area contributed by atoms with E-state index in [1.54, 1.807) is 12.1 Å². The van der Waals surface area contributed by atoms with Crippen molar-refractivity contribution in [2.75, 3.05) is 5.73 Å². The van der Waals surface area contributed by atoms with Gasteiger partial charge in [0.05, 0.1) is 10.6 Å². The zero-order valence-electron chi connectivity index (χ0n) is 12.0. The Morgan fingerprint density at radius 1 is 1.10 bits per heavy atom. The molecule has 0 amide bonds. The predicted octanol–water partition coefficient (Wildman–Crippen LogP) is 4.80. The van der Waals surface area contributed by atoms with Crippen molar-refractivity contribution in [3.05, 3.63) is 29.0 Å². The van der Waals surface area contributed by atoms with Crippen LogP contribution in [0.15, 0.2) is 22.7 Å². The van der Waals surface area contributed by atoms with Gasteiger partial charge in [0.15, 0.2) is 5.82 Å². The summed E-state index contributed by atoms with van der Waals surface area (Å²) in [5.74, 6) is 1.62. The molecule has 3 rings (SSSR count). The molecule has 1 aliphatic carbocycles. The average Bonchev–Trinajstić information content (AvgIpc) is 2.87. The van der Waals surface area contributed by atoms with Crippen LogP contribution in [-0.4, -0.2) is 10.1 Å². The lowest BCUT2D eigenvalue weighted by Gasteiger charge is -2.15. The van der Waals surface area contributed by atoms with Gasteiger partial charge < -0.3 is 10.3 Å². The smallest absolute Gasteiger partial charge is 0.261 e. The molecule has 4 nitrogen and oxygen atoms in total. The van der Waals surface area contributed by atoms with E-state index in [1.165, 1.54) is 32.1 Å². The van der Waals surface area contributed by atoms with Gasteiger partial charge in [-0.05, 0) is 25.0 Å². The first kappa shape index (κ1) is 14.4. The number of hydrogen-bond donors (Lipinski definition) is 1. The molecule has 1 heterocycles. The van der Waals surface area contributed by atoms with Crippen molar-refractivity contribution in [1.82, 2.24) is 10.1 Å². The predicted molar refractivity (Wildman–Crippen MR) is 84.2 cm³/mol. The summed E-state index contributed by atoms with van der Waals surface area (Å²) in [6, 6.07) is 5.39. The van der Waals surface area contributed by atoms with Gasteiger partial charge in [0.1, 0.15) is 0 Å². The summed E-state index contributed by atoms with van der Waals surface area (Å²) in [7, 11) is 0. The van der Waals surface area contributed by atoms with E-state index in [-0.39, 0.29) is 0 Å². The number of nitrogens with zero attached hydrogens (tertiary/aromatic N) is 2. The molecule has 0 spiro atoms. The van der Waals surface area contributed by atoms with Crippen LogP contribution in [0.25, 0.3) is 11.5 Å². The molecule has 0 radical (unpaired) electrons. The Morgan fingerprint density at radius 2 is 1.81 bits per heavy atom. The van der Waals surface area contributed by atoms with Gasteiger partial charge in [-0.3, -0.25) is 0 Å². The Hall–Kier alpha value is -1.55. The minimum atomic E-state index is 0.395. The third-order valence-corrected chi connectivity index (χ3v) is 4.49. The highest BCUT2D eigenvalue weighted by Gasteiger charge is 2.21. The van der Waals surface area contributed by atoms with Crippen molar-refractivity contribution in [3.63, 3.8) is 0 Å². The Balaban J connectivity index is 1.85. The van der Waals surface area contributed by atoms with E-state index >= 15 is 0 Å². The van der Waals surface area contributed by atoms with Crippen molar-refractivity contribution in [1.29, 1.82) is 0 Å². The summed E-state index contributed by atoms with van der Waals surface area (Å²) in [6.45, 7) is 0. The molecule has 112 valence electrons. The third kappa shape index (κ3) is 3.21. The molecule has 0 aliphatic heterocycles. The van der Waals surface area contributed by atoms with E-state index in [2.05, 4.69) is 10.1 Å². The minimum absolute atomic E-state index is 0.395. The molecule has 1 aromatic carbocycles. The fourth-order valence-electron chi connectivity index (χ4n) is 2.98. The second-order valence-electron chi connectivity index (χ2n) is 5.70. The molecule has 0 unspecified atom stereocenters. The minimum Gasteiger partial charge on any atom is -0.398 e. The molecule has 5 heteroatoms. The second kappa shape index (κ2) is 6.48. The summed E-state index contributed by atoms with van der Waals surface area (Å²) < 4.78 is 5.41. The Bertz CT molecular complexity index is 583. The van der Waals surface area contributed by atoms with Crippen molar-refractivity contribution in [2.24, 2.45) is 0 Å². The van der Waals surface area contributed by atoms with Crippen molar-refractivity contribution >= 4 is 17.3 Å². The van der Waals surface area contributed by atoms with E-state index in [4.69, 9.17) is 21.9 Å². The van der Waals surface area contributed by atoms with E-state index in [9.17, 15) is 0 Å². The quantitative estimate of drug-likeness (QED) is 0.809. The van der Waals surface area contributed by atoms with Crippen molar-refractivity contribution in [3.8, 4) is 11.5 Å². The maximum atomic E-state index is 6.20. The topological polar surface area (TPSA) is 64.9 Å². The standard InChI is InChI=1S/C16H20ClN3O/c17-12-9-6-10-13(18)14(12)16-19-15(20-21-16)11-7-4-2-1-3-5-8-11/h6,9-11H,1-5,7-8,18H2. The molecule has 1 fully saturated rings. The lowest BCUT2D eigenvalue weighted by molar-refractivity contribution is 0.393. The lowest BCUT2D eigenvalue weighted by atomic mass is 9.91. The molecule has 1 aromatic heterocycles. The molecule has 1 aliphatic rings. The highest BCUT2D eigenvalue weighted by Crippen LogP contribution is 2.34. The van der Waals surface area contributed by atoms with Crippen LogP contribution in [0.1, 0.15) is 56.7 Å². The maximum Gasteiger partial charge on any atom is 0.261 e. The van der Waals surface area contributed by atoms with Crippen molar-refractivity contribution < 1.29 is 4.52 Å². The van der Waals surface area contributed by atoms with E-state index < -0.39 is 0 Å². The summed E-state index contributed by atoms with van der Waals surface area (Å²) >= 11 is 6.20. The summed E-state index contributed by atoms with van der Waals surface area (Å²) in [5, 5.41) is 4.71. The molecular weight excluding hydrogens is 286 g/mol. The van der Waals surface area contributed by atoms with Gasteiger partial charge in [-0.1, -0.05) is 54.9 Å². The Kier molecular flexibility index (Phi) is 4.44. The number of anilines is 1. The van der Waals surface area contributed by atoms with Crippen LogP contribution in [-0.2, 0) is 0 Å². The zero-order chi connectivity index (χ0) is 14.7. The number of rotatable bonds is 2. The van der Waals surface area contributed by atoms with Gasteiger partial charge in [0.2, 0.25) is 0 Å². The largest absolute Gasteiger partial charge is 0.398 e. The Labute approximate surface area is 129 Å². The number of nitrogens with two attached hydrogens (primary N) is 1. The van der Waals surface area contributed by atoms with Crippen molar-refractivity contribution in [2.45, 2.75) is 50.9 Å². The van der Waals surface area contributed by atoms with Gasteiger partial charge >= 0.3 is 0 Å². The highest BCUT2D eigenvalue weighted by molar-refractivity contribution is 6.33. The van der Waals surface area contributed by atoms with E-state index in [0.717, 1.165) is 18.7 Å². The first-order valence-corrected chi connectivity index (χ1v) is 8.01. The number of nitrogen functional groups attached to an aromatic ring is 1. The van der Waals surface area contributed by atoms with Gasteiger partial charge in [0, 0.05) is 11.6 Å². The fourth-order valence-corrected chi connectivity index (χ4v) is 3.25. The second-order valence-corrected chi connectivity index (χ2v) is 6.11. The summed E-state index contributed by atoms with van der Waals surface area (Å²) in [4.78, 5) is 4.56. The van der Waals surface area contributed by atoms with Crippen LogP contribution in [0, 0.1) is 0 Å². The Morgan fingerprint density at radius 3 is 2.52 bits per heavy atom.